The van der Waals surface area contributed by atoms with Gasteiger partial charge in [0, 0.05) is 50.7 Å². The summed E-state index contributed by atoms with van der Waals surface area (Å²) in [7, 11) is 2.09. The van der Waals surface area contributed by atoms with E-state index < -0.39 is 0 Å². The highest BCUT2D eigenvalue weighted by molar-refractivity contribution is 5.94. The normalized spacial score (nSPS) is 13.6. The van der Waals surface area contributed by atoms with Gasteiger partial charge in [-0.2, -0.15) is 0 Å². The van der Waals surface area contributed by atoms with Gasteiger partial charge in [-0.3, -0.25) is 4.79 Å². The maximum absolute atomic E-state index is 12.4. The Morgan fingerprint density at radius 3 is 2.52 bits per heavy atom. The summed E-state index contributed by atoms with van der Waals surface area (Å²) in [6.07, 6.45) is 6.70. The zero-order chi connectivity index (χ0) is 19.1. The molecule has 0 radical (unpaired) electrons. The van der Waals surface area contributed by atoms with Crippen LogP contribution in [-0.4, -0.2) is 37.6 Å². The molecule has 5 heteroatoms. The summed E-state index contributed by atoms with van der Waals surface area (Å²) in [6.45, 7) is 5.89. The van der Waals surface area contributed by atoms with Crippen LogP contribution >= 0.6 is 0 Å². The van der Waals surface area contributed by atoms with Gasteiger partial charge in [-0.15, -0.1) is 0 Å². The van der Waals surface area contributed by atoms with E-state index in [1.165, 1.54) is 25.7 Å². The fourth-order valence-electron chi connectivity index (χ4n) is 3.33. The molecule has 0 unspecified atom stereocenters. The SMILES string of the molecule is CCCCN(C)c1ccc(C(=O)NCc2ccc(N3CCCC3)nc2)cc1. The molecule has 3 rings (SSSR count). The van der Waals surface area contributed by atoms with Crippen molar-refractivity contribution in [2.45, 2.75) is 39.2 Å². The van der Waals surface area contributed by atoms with Crippen LogP contribution in [0.3, 0.4) is 0 Å². The van der Waals surface area contributed by atoms with Gasteiger partial charge >= 0.3 is 0 Å². The summed E-state index contributed by atoms with van der Waals surface area (Å²) in [6, 6.07) is 11.9. The second kappa shape index (κ2) is 9.40. The second-order valence-electron chi connectivity index (χ2n) is 7.22. The van der Waals surface area contributed by atoms with Crippen molar-refractivity contribution in [1.29, 1.82) is 0 Å². The highest BCUT2D eigenvalue weighted by atomic mass is 16.1. The molecule has 1 aliphatic rings. The lowest BCUT2D eigenvalue weighted by molar-refractivity contribution is 0.0951. The number of hydrogen-bond acceptors (Lipinski definition) is 4. The number of aromatic nitrogens is 1. The van der Waals surface area contributed by atoms with Crippen LogP contribution in [-0.2, 0) is 6.54 Å². The van der Waals surface area contributed by atoms with E-state index in [1.807, 2.05) is 42.6 Å². The van der Waals surface area contributed by atoms with E-state index in [-0.39, 0.29) is 5.91 Å². The molecule has 1 fully saturated rings. The van der Waals surface area contributed by atoms with Crippen molar-refractivity contribution in [2.75, 3.05) is 36.5 Å². The van der Waals surface area contributed by atoms with E-state index >= 15 is 0 Å². The number of anilines is 2. The molecule has 0 aliphatic carbocycles. The highest BCUT2D eigenvalue weighted by Crippen LogP contribution is 2.18. The van der Waals surface area contributed by atoms with Crippen LogP contribution in [0.2, 0.25) is 0 Å². The molecule has 5 nitrogen and oxygen atoms in total. The molecule has 144 valence electrons. The quantitative estimate of drug-likeness (QED) is 0.771. The van der Waals surface area contributed by atoms with Crippen LogP contribution in [0.25, 0.3) is 0 Å². The molecule has 0 bridgehead atoms. The topological polar surface area (TPSA) is 48.5 Å². The average molecular weight is 367 g/mol. The Morgan fingerprint density at radius 1 is 1.15 bits per heavy atom. The van der Waals surface area contributed by atoms with Gasteiger partial charge in [0.2, 0.25) is 0 Å². The lowest BCUT2D eigenvalue weighted by Crippen LogP contribution is -2.23. The first-order valence-electron chi connectivity index (χ1n) is 9.96. The van der Waals surface area contributed by atoms with E-state index in [1.54, 1.807) is 0 Å². The molecule has 1 aromatic carbocycles. The minimum atomic E-state index is -0.0543. The van der Waals surface area contributed by atoms with Gasteiger partial charge in [-0.1, -0.05) is 19.4 Å². The number of pyridine rings is 1. The number of nitrogens with zero attached hydrogens (tertiary/aromatic N) is 3. The zero-order valence-electron chi connectivity index (χ0n) is 16.4. The Labute approximate surface area is 162 Å². The third kappa shape index (κ3) is 5.22. The first-order valence-corrected chi connectivity index (χ1v) is 9.96. The van der Waals surface area contributed by atoms with Gasteiger partial charge in [0.1, 0.15) is 5.82 Å². The van der Waals surface area contributed by atoms with Crippen LogP contribution in [0.15, 0.2) is 42.6 Å². The van der Waals surface area contributed by atoms with Crippen molar-refractivity contribution in [2.24, 2.45) is 0 Å². The number of amides is 1. The molecule has 27 heavy (non-hydrogen) atoms. The standard InChI is InChI=1S/C22H30N4O/c1-3-4-13-25(2)20-10-8-19(9-11-20)22(27)24-17-18-7-12-21(23-16-18)26-14-5-6-15-26/h7-12,16H,3-6,13-15,17H2,1-2H3,(H,24,27). The van der Waals surface area contributed by atoms with Gasteiger partial charge < -0.3 is 15.1 Å². The summed E-state index contributed by atoms with van der Waals surface area (Å²) in [4.78, 5) is 21.5. The predicted molar refractivity (Wildman–Crippen MR) is 111 cm³/mol. The van der Waals surface area contributed by atoms with Crippen LogP contribution in [0.5, 0.6) is 0 Å². The van der Waals surface area contributed by atoms with Crippen molar-refractivity contribution in [3.63, 3.8) is 0 Å². The Bertz CT molecular complexity index is 721. The van der Waals surface area contributed by atoms with Gasteiger partial charge in [-0.05, 0) is 55.2 Å². The van der Waals surface area contributed by atoms with Gasteiger partial charge in [0.25, 0.3) is 5.91 Å². The number of unbranched alkanes of at least 4 members (excludes halogenated alkanes) is 1. The molecule has 1 amide bonds. The first kappa shape index (κ1) is 19.2. The molecular formula is C22H30N4O. The lowest BCUT2D eigenvalue weighted by Gasteiger charge is -2.19. The van der Waals surface area contributed by atoms with Crippen molar-refractivity contribution in [3.05, 3.63) is 53.7 Å². The molecule has 0 spiro atoms. The zero-order valence-corrected chi connectivity index (χ0v) is 16.4. The maximum atomic E-state index is 12.4. The van der Waals surface area contributed by atoms with E-state index in [2.05, 4.69) is 34.1 Å². The predicted octanol–water partition coefficient (Wildman–Crippen LogP) is 3.85. The smallest absolute Gasteiger partial charge is 0.251 e. The molecule has 1 aliphatic heterocycles. The number of rotatable bonds is 8. The second-order valence-corrected chi connectivity index (χ2v) is 7.22. The van der Waals surface area contributed by atoms with Crippen molar-refractivity contribution < 1.29 is 4.79 Å². The monoisotopic (exact) mass is 366 g/mol. The minimum Gasteiger partial charge on any atom is -0.375 e. The largest absolute Gasteiger partial charge is 0.375 e. The van der Waals surface area contributed by atoms with E-state index in [0.29, 0.717) is 12.1 Å². The Kier molecular flexibility index (Phi) is 6.69. The van der Waals surface area contributed by atoms with Crippen molar-refractivity contribution in [1.82, 2.24) is 10.3 Å². The molecule has 1 aromatic heterocycles. The van der Waals surface area contributed by atoms with E-state index in [4.69, 9.17) is 0 Å². The maximum Gasteiger partial charge on any atom is 0.251 e. The summed E-state index contributed by atoms with van der Waals surface area (Å²) in [5.74, 6) is 0.978. The molecular weight excluding hydrogens is 336 g/mol. The molecule has 1 saturated heterocycles. The number of benzene rings is 1. The Hall–Kier alpha value is -2.56. The Morgan fingerprint density at radius 2 is 1.89 bits per heavy atom. The molecule has 2 aromatic rings. The minimum absolute atomic E-state index is 0.0543. The number of carbonyl (C=O) groups is 1. The fraction of sp³-hybridized carbons (Fsp3) is 0.455. The Balaban J connectivity index is 1.51. The summed E-state index contributed by atoms with van der Waals surface area (Å²) < 4.78 is 0. The van der Waals surface area contributed by atoms with Crippen LogP contribution in [0, 0.1) is 0 Å². The van der Waals surface area contributed by atoms with Crippen molar-refractivity contribution >= 4 is 17.4 Å². The summed E-state index contributed by atoms with van der Waals surface area (Å²) in [5.41, 5.74) is 2.84. The van der Waals surface area contributed by atoms with Gasteiger partial charge in [0.05, 0.1) is 0 Å². The lowest BCUT2D eigenvalue weighted by atomic mass is 10.1. The summed E-state index contributed by atoms with van der Waals surface area (Å²) in [5, 5.41) is 2.98. The fourth-order valence-corrected chi connectivity index (χ4v) is 3.33. The number of carbonyl (C=O) groups excluding carboxylic acids is 1. The van der Waals surface area contributed by atoms with Crippen molar-refractivity contribution in [3.8, 4) is 0 Å². The number of hydrogen-bond donors (Lipinski definition) is 1. The number of nitrogens with one attached hydrogen (secondary N) is 1. The molecule has 1 N–H and O–H groups in total. The van der Waals surface area contributed by atoms with E-state index in [9.17, 15) is 4.79 Å². The molecule has 2 heterocycles. The highest BCUT2D eigenvalue weighted by Gasteiger charge is 2.13. The molecule has 0 atom stereocenters. The first-order chi connectivity index (χ1) is 13.2. The van der Waals surface area contributed by atoms with E-state index in [0.717, 1.165) is 36.7 Å². The summed E-state index contributed by atoms with van der Waals surface area (Å²) >= 11 is 0. The average Bonchev–Trinajstić information content (AvgIpc) is 3.25. The molecule has 0 saturated carbocycles. The van der Waals surface area contributed by atoms with Crippen LogP contribution in [0.4, 0.5) is 11.5 Å². The van der Waals surface area contributed by atoms with Gasteiger partial charge in [-0.25, -0.2) is 4.98 Å². The van der Waals surface area contributed by atoms with Gasteiger partial charge in [0.15, 0.2) is 0 Å². The third-order valence-corrected chi connectivity index (χ3v) is 5.11. The third-order valence-electron chi connectivity index (χ3n) is 5.11. The van der Waals surface area contributed by atoms with Crippen LogP contribution in [0.1, 0.15) is 48.5 Å². The van der Waals surface area contributed by atoms with Crippen LogP contribution < -0.4 is 15.1 Å².